The van der Waals surface area contributed by atoms with Crippen molar-refractivity contribution in [3.8, 4) is 0 Å². The van der Waals surface area contributed by atoms with Gasteiger partial charge in [0.25, 0.3) is 5.91 Å². The van der Waals surface area contributed by atoms with Crippen LogP contribution in [0.5, 0.6) is 0 Å². The van der Waals surface area contributed by atoms with Crippen LogP contribution in [0.2, 0.25) is 0 Å². The maximum absolute atomic E-state index is 14.1. The van der Waals surface area contributed by atoms with Crippen molar-refractivity contribution in [3.05, 3.63) is 64.9 Å². The number of halogens is 1. The van der Waals surface area contributed by atoms with Crippen molar-refractivity contribution in [1.82, 2.24) is 9.88 Å². The number of carbonyl (C=O) groups is 1. The molecule has 140 valence electrons. The van der Waals surface area contributed by atoms with Crippen molar-refractivity contribution in [2.45, 2.75) is 11.7 Å². The minimum Gasteiger partial charge on any atom is -0.336 e. The molecule has 2 aromatic carbocycles. The van der Waals surface area contributed by atoms with E-state index in [0.29, 0.717) is 5.01 Å². The van der Waals surface area contributed by atoms with E-state index in [1.165, 1.54) is 34.4 Å². The van der Waals surface area contributed by atoms with E-state index >= 15 is 0 Å². The number of nitrogens with zero attached hydrogens (tertiary/aromatic N) is 2. The second-order valence-electron chi connectivity index (χ2n) is 6.44. The fourth-order valence-corrected chi connectivity index (χ4v) is 6.07. The van der Waals surface area contributed by atoms with E-state index in [0.717, 1.165) is 10.2 Å². The molecule has 1 aliphatic heterocycles. The molecule has 0 N–H and O–H groups in total. The summed E-state index contributed by atoms with van der Waals surface area (Å²) in [6.45, 7) is 0.328. The van der Waals surface area contributed by atoms with Gasteiger partial charge in [0, 0.05) is 18.7 Å². The zero-order valence-corrected chi connectivity index (χ0v) is 16.0. The predicted molar refractivity (Wildman–Crippen MR) is 103 cm³/mol. The van der Waals surface area contributed by atoms with E-state index in [1.807, 2.05) is 24.3 Å². The van der Waals surface area contributed by atoms with Crippen LogP contribution in [0.25, 0.3) is 10.2 Å². The number of fused-ring (bicyclic) bond motifs is 1. The van der Waals surface area contributed by atoms with Gasteiger partial charge in [-0.05, 0) is 24.6 Å². The minimum atomic E-state index is -3.56. The summed E-state index contributed by atoms with van der Waals surface area (Å²) in [6, 6.07) is 13.4. The maximum atomic E-state index is 14.1. The largest absolute Gasteiger partial charge is 0.336 e. The molecule has 4 rings (SSSR count). The first kappa shape index (κ1) is 18.1. The lowest BCUT2D eigenvalue weighted by atomic mass is 10.1. The Morgan fingerprint density at radius 2 is 1.85 bits per heavy atom. The van der Waals surface area contributed by atoms with E-state index in [-0.39, 0.29) is 36.7 Å². The van der Waals surface area contributed by atoms with Gasteiger partial charge in [-0.1, -0.05) is 30.3 Å². The van der Waals surface area contributed by atoms with Crippen LogP contribution >= 0.6 is 11.3 Å². The average molecular weight is 404 g/mol. The number of rotatable bonds is 2. The van der Waals surface area contributed by atoms with Gasteiger partial charge in [0.15, 0.2) is 14.8 Å². The molecule has 27 heavy (non-hydrogen) atoms. The number of para-hydroxylation sites is 1. The Morgan fingerprint density at radius 3 is 2.63 bits per heavy atom. The number of sulfone groups is 1. The first-order valence-corrected chi connectivity index (χ1v) is 11.1. The van der Waals surface area contributed by atoms with Crippen LogP contribution in [0.3, 0.4) is 0 Å². The summed E-state index contributed by atoms with van der Waals surface area (Å²) in [4.78, 5) is 18.7. The Morgan fingerprint density at radius 1 is 1.11 bits per heavy atom. The number of hydrogen-bond acceptors (Lipinski definition) is 5. The normalized spacial score (nSPS) is 19.7. The fourth-order valence-electron chi connectivity index (χ4n) is 3.33. The van der Waals surface area contributed by atoms with E-state index in [9.17, 15) is 17.6 Å². The van der Waals surface area contributed by atoms with Gasteiger partial charge in [-0.2, -0.15) is 0 Å². The summed E-state index contributed by atoms with van der Waals surface area (Å²) < 4.78 is 40.4. The van der Waals surface area contributed by atoms with Gasteiger partial charge in [-0.25, -0.2) is 17.8 Å². The smallest absolute Gasteiger partial charge is 0.282 e. The molecule has 1 aliphatic rings. The minimum absolute atomic E-state index is 0.0854. The quantitative estimate of drug-likeness (QED) is 0.656. The standard InChI is InChI=1S/C19H17FN2O3S2/c20-14-6-2-1-5-13(14)17-9-10-22(11-12-27(17,24)25)19(23)18-21-15-7-3-4-8-16(15)26-18/h1-8,17H,9-12H2. The number of amides is 1. The molecule has 1 unspecified atom stereocenters. The molecule has 1 amide bonds. The molecular weight excluding hydrogens is 387 g/mol. The summed E-state index contributed by atoms with van der Waals surface area (Å²) >= 11 is 1.29. The van der Waals surface area contributed by atoms with Crippen LogP contribution in [-0.2, 0) is 9.84 Å². The Kier molecular flexibility index (Phi) is 4.69. The van der Waals surface area contributed by atoms with E-state index in [2.05, 4.69) is 4.98 Å². The molecule has 1 atom stereocenters. The first-order chi connectivity index (χ1) is 13.0. The number of thiazole rings is 1. The summed E-state index contributed by atoms with van der Waals surface area (Å²) in [7, 11) is -3.56. The average Bonchev–Trinajstić information content (AvgIpc) is 3.02. The molecule has 0 bridgehead atoms. The second-order valence-corrected chi connectivity index (χ2v) is 9.78. The van der Waals surface area contributed by atoms with Gasteiger partial charge in [0.2, 0.25) is 0 Å². The molecule has 0 radical (unpaired) electrons. The lowest BCUT2D eigenvalue weighted by molar-refractivity contribution is 0.0766. The fraction of sp³-hybridized carbons (Fsp3) is 0.263. The Hall–Kier alpha value is -2.32. The van der Waals surface area contributed by atoms with Crippen LogP contribution in [0.1, 0.15) is 27.0 Å². The van der Waals surface area contributed by atoms with Crippen LogP contribution in [0.15, 0.2) is 48.5 Å². The summed E-state index contributed by atoms with van der Waals surface area (Å²) in [5.41, 5.74) is 0.921. The van der Waals surface area contributed by atoms with Crippen molar-refractivity contribution in [2.24, 2.45) is 0 Å². The van der Waals surface area contributed by atoms with Gasteiger partial charge in [-0.3, -0.25) is 4.79 Å². The van der Waals surface area contributed by atoms with E-state index < -0.39 is 20.9 Å². The first-order valence-electron chi connectivity index (χ1n) is 8.56. The van der Waals surface area contributed by atoms with Gasteiger partial charge in [-0.15, -0.1) is 11.3 Å². The lowest BCUT2D eigenvalue weighted by Crippen LogP contribution is -2.33. The third-order valence-corrected chi connectivity index (χ3v) is 7.89. The number of carbonyl (C=O) groups excluding carboxylic acids is 1. The van der Waals surface area contributed by atoms with Crippen LogP contribution in [0, 0.1) is 5.82 Å². The van der Waals surface area contributed by atoms with Crippen molar-refractivity contribution >= 4 is 37.3 Å². The highest BCUT2D eigenvalue weighted by Gasteiger charge is 2.34. The molecule has 1 fully saturated rings. The van der Waals surface area contributed by atoms with E-state index in [1.54, 1.807) is 6.07 Å². The summed E-state index contributed by atoms with van der Waals surface area (Å²) in [5, 5.41) is -0.593. The highest BCUT2D eigenvalue weighted by molar-refractivity contribution is 7.91. The van der Waals surface area contributed by atoms with Gasteiger partial charge in [0.05, 0.1) is 21.2 Å². The molecule has 0 saturated carbocycles. The molecule has 0 aliphatic carbocycles. The van der Waals surface area contributed by atoms with Crippen molar-refractivity contribution in [1.29, 1.82) is 0 Å². The van der Waals surface area contributed by atoms with Crippen molar-refractivity contribution in [2.75, 3.05) is 18.8 Å². The molecule has 3 aromatic rings. The van der Waals surface area contributed by atoms with Crippen LogP contribution < -0.4 is 0 Å². The van der Waals surface area contributed by atoms with E-state index in [4.69, 9.17) is 0 Å². The molecule has 2 heterocycles. The Labute approximate surface area is 160 Å². The second kappa shape index (κ2) is 7.01. The lowest BCUT2D eigenvalue weighted by Gasteiger charge is -2.18. The Balaban J connectivity index is 1.60. The highest BCUT2D eigenvalue weighted by Crippen LogP contribution is 2.32. The van der Waals surface area contributed by atoms with Crippen LogP contribution in [0.4, 0.5) is 4.39 Å². The zero-order chi connectivity index (χ0) is 19.0. The zero-order valence-electron chi connectivity index (χ0n) is 14.3. The predicted octanol–water partition coefficient (Wildman–Crippen LogP) is 3.44. The van der Waals surface area contributed by atoms with Gasteiger partial charge >= 0.3 is 0 Å². The van der Waals surface area contributed by atoms with Crippen LogP contribution in [-0.4, -0.2) is 43.1 Å². The molecule has 1 aromatic heterocycles. The number of benzene rings is 2. The Bertz CT molecular complexity index is 1080. The molecular formula is C19H17FN2O3S2. The molecule has 0 spiro atoms. The van der Waals surface area contributed by atoms with Crippen molar-refractivity contribution in [3.63, 3.8) is 0 Å². The monoisotopic (exact) mass is 404 g/mol. The van der Waals surface area contributed by atoms with Gasteiger partial charge in [0.1, 0.15) is 5.82 Å². The highest BCUT2D eigenvalue weighted by atomic mass is 32.2. The summed E-state index contributed by atoms with van der Waals surface area (Å²) in [6.07, 6.45) is 0.167. The van der Waals surface area contributed by atoms with Gasteiger partial charge < -0.3 is 4.90 Å². The molecule has 8 heteroatoms. The summed E-state index contributed by atoms with van der Waals surface area (Å²) in [5.74, 6) is -1.000. The maximum Gasteiger partial charge on any atom is 0.282 e. The van der Waals surface area contributed by atoms with Crippen molar-refractivity contribution < 1.29 is 17.6 Å². The third-order valence-electron chi connectivity index (χ3n) is 4.76. The number of hydrogen-bond donors (Lipinski definition) is 0. The number of aromatic nitrogens is 1. The third kappa shape index (κ3) is 3.46. The topological polar surface area (TPSA) is 67.3 Å². The SMILES string of the molecule is O=C(c1nc2ccccc2s1)N1CCC(c2ccccc2F)S(=O)(=O)CC1. The molecule has 1 saturated heterocycles. The molecule has 5 nitrogen and oxygen atoms in total.